The minimum absolute atomic E-state index is 0.241. The maximum Gasteiger partial charge on any atom is 0.124 e. The molecule has 2 atom stereocenters. The molecule has 4 heteroatoms. The number of hydrogen-bond acceptors (Lipinski definition) is 4. The monoisotopic (exact) mass is 319 g/mol. The van der Waals surface area contributed by atoms with Gasteiger partial charge in [0.05, 0.1) is 19.3 Å². The lowest BCUT2D eigenvalue weighted by atomic mass is 9.97. The van der Waals surface area contributed by atoms with Gasteiger partial charge in [-0.25, -0.2) is 0 Å². The van der Waals surface area contributed by atoms with Crippen molar-refractivity contribution >= 4 is 0 Å². The molecule has 2 aliphatic rings. The minimum atomic E-state index is -0.451. The normalized spacial score (nSPS) is 22.1. The molecule has 0 aromatic heterocycles. The zero-order valence-electron chi connectivity index (χ0n) is 14.3. The fourth-order valence-electron chi connectivity index (χ4n) is 3.04. The molecule has 0 bridgehead atoms. The lowest BCUT2D eigenvalue weighted by Gasteiger charge is -2.21. The molecule has 2 N–H and O–H groups in total. The van der Waals surface area contributed by atoms with Crippen molar-refractivity contribution in [1.29, 1.82) is 0 Å². The van der Waals surface area contributed by atoms with Gasteiger partial charge in [0.25, 0.3) is 0 Å². The van der Waals surface area contributed by atoms with Gasteiger partial charge in [-0.15, -0.1) is 0 Å². The van der Waals surface area contributed by atoms with E-state index < -0.39 is 6.10 Å². The number of rotatable bonds is 7. The van der Waals surface area contributed by atoms with Gasteiger partial charge >= 0.3 is 0 Å². The van der Waals surface area contributed by atoms with E-state index in [2.05, 4.69) is 31.3 Å². The van der Waals surface area contributed by atoms with Crippen molar-refractivity contribution in [2.45, 2.75) is 51.7 Å². The molecular formula is C19H29NO3. The van der Waals surface area contributed by atoms with Crippen LogP contribution in [0.15, 0.2) is 12.1 Å². The molecule has 1 saturated carbocycles. The molecule has 0 spiro atoms. The third kappa shape index (κ3) is 4.69. The lowest BCUT2D eigenvalue weighted by molar-refractivity contribution is 0.0311. The van der Waals surface area contributed by atoms with Crippen LogP contribution in [0.4, 0.5) is 0 Å². The van der Waals surface area contributed by atoms with Crippen molar-refractivity contribution in [1.82, 2.24) is 5.32 Å². The zero-order valence-corrected chi connectivity index (χ0v) is 14.3. The van der Waals surface area contributed by atoms with Crippen LogP contribution in [0.2, 0.25) is 0 Å². The molecule has 1 aliphatic carbocycles. The summed E-state index contributed by atoms with van der Waals surface area (Å²) in [6.07, 6.45) is 4.18. The fourth-order valence-corrected chi connectivity index (χ4v) is 3.04. The van der Waals surface area contributed by atoms with Crippen LogP contribution >= 0.6 is 0 Å². The highest BCUT2D eigenvalue weighted by atomic mass is 16.5. The smallest absolute Gasteiger partial charge is 0.124 e. The Morgan fingerprint density at radius 1 is 1.26 bits per heavy atom. The molecule has 1 aromatic rings. The Labute approximate surface area is 139 Å². The molecule has 128 valence electrons. The van der Waals surface area contributed by atoms with E-state index in [-0.39, 0.29) is 6.04 Å². The summed E-state index contributed by atoms with van der Waals surface area (Å²) in [5, 5.41) is 13.6. The molecule has 3 rings (SSSR count). The van der Waals surface area contributed by atoms with Gasteiger partial charge in [0.2, 0.25) is 0 Å². The van der Waals surface area contributed by atoms with Crippen LogP contribution in [0.25, 0.3) is 0 Å². The third-order valence-corrected chi connectivity index (χ3v) is 4.86. The summed E-state index contributed by atoms with van der Waals surface area (Å²) < 4.78 is 11.5. The van der Waals surface area contributed by atoms with Crippen molar-refractivity contribution < 1.29 is 14.6 Å². The van der Waals surface area contributed by atoms with Crippen LogP contribution in [0.3, 0.4) is 0 Å². The van der Waals surface area contributed by atoms with E-state index in [0.717, 1.165) is 37.7 Å². The molecule has 0 amide bonds. The summed E-state index contributed by atoms with van der Waals surface area (Å²) >= 11 is 0. The van der Waals surface area contributed by atoms with Gasteiger partial charge in [-0.1, -0.05) is 6.07 Å². The number of nitrogens with one attached hydrogen (secondary N) is 1. The highest BCUT2D eigenvalue weighted by molar-refractivity contribution is 5.44. The van der Waals surface area contributed by atoms with E-state index in [4.69, 9.17) is 9.47 Å². The van der Waals surface area contributed by atoms with Crippen LogP contribution in [0.1, 0.15) is 48.4 Å². The molecule has 1 aromatic carbocycles. The molecule has 1 fully saturated rings. The molecule has 4 nitrogen and oxygen atoms in total. The van der Waals surface area contributed by atoms with E-state index >= 15 is 0 Å². The van der Waals surface area contributed by atoms with Gasteiger partial charge in [-0.2, -0.15) is 0 Å². The van der Waals surface area contributed by atoms with Crippen molar-refractivity contribution in [3.8, 4) is 5.75 Å². The van der Waals surface area contributed by atoms with Gasteiger partial charge in [-0.3, -0.25) is 0 Å². The molecule has 1 heterocycles. The average Bonchev–Trinajstić information content (AvgIpc) is 3.34. The molecular weight excluding hydrogens is 290 g/mol. The number of aliphatic hydroxyl groups is 1. The van der Waals surface area contributed by atoms with Gasteiger partial charge in [0, 0.05) is 24.8 Å². The number of aryl methyl sites for hydroxylation is 2. The topological polar surface area (TPSA) is 50.7 Å². The molecule has 23 heavy (non-hydrogen) atoms. The van der Waals surface area contributed by atoms with Crippen molar-refractivity contribution in [2.24, 2.45) is 5.92 Å². The summed E-state index contributed by atoms with van der Waals surface area (Å²) in [6.45, 7) is 6.80. The molecule has 2 unspecified atom stereocenters. The van der Waals surface area contributed by atoms with Crippen molar-refractivity contribution in [2.75, 3.05) is 26.4 Å². The Bertz CT molecular complexity index is 528. The Kier molecular flexibility index (Phi) is 5.57. The van der Waals surface area contributed by atoms with Crippen molar-refractivity contribution in [3.63, 3.8) is 0 Å². The quantitative estimate of drug-likeness (QED) is 0.811. The number of fused-ring (bicyclic) bond motifs is 1. The van der Waals surface area contributed by atoms with Gasteiger partial charge < -0.3 is 19.9 Å². The summed E-state index contributed by atoms with van der Waals surface area (Å²) in [4.78, 5) is 0. The Morgan fingerprint density at radius 3 is 2.83 bits per heavy atom. The molecule has 0 radical (unpaired) electrons. The number of benzene rings is 1. The minimum Gasteiger partial charge on any atom is -0.493 e. The first kappa shape index (κ1) is 16.7. The SMILES string of the molecule is Cc1cc2c(cc1C)C(NCC(O)COCC1CC1)CCCO2. The molecule has 1 aliphatic heterocycles. The fraction of sp³-hybridized carbons (Fsp3) is 0.684. The second kappa shape index (κ2) is 7.65. The predicted octanol–water partition coefficient (Wildman–Crippen LogP) is 2.89. The zero-order chi connectivity index (χ0) is 16.2. The first-order valence-electron chi connectivity index (χ1n) is 8.86. The predicted molar refractivity (Wildman–Crippen MR) is 90.9 cm³/mol. The maximum atomic E-state index is 10.1. The highest BCUT2D eigenvalue weighted by Gasteiger charge is 2.23. The Balaban J connectivity index is 1.55. The average molecular weight is 319 g/mol. The summed E-state index contributed by atoms with van der Waals surface area (Å²) in [7, 11) is 0. The van der Waals surface area contributed by atoms with Crippen LogP contribution in [0.5, 0.6) is 5.75 Å². The number of ether oxygens (including phenoxy) is 2. The van der Waals surface area contributed by atoms with Crippen LogP contribution < -0.4 is 10.1 Å². The highest BCUT2D eigenvalue weighted by Crippen LogP contribution is 2.33. The van der Waals surface area contributed by atoms with Gasteiger partial charge in [0.15, 0.2) is 0 Å². The second-order valence-corrected chi connectivity index (χ2v) is 7.06. The second-order valence-electron chi connectivity index (χ2n) is 7.06. The summed E-state index contributed by atoms with van der Waals surface area (Å²) in [5.41, 5.74) is 3.77. The maximum absolute atomic E-state index is 10.1. The standard InChI is InChI=1S/C19H29NO3/c1-13-8-17-18(4-3-7-23-19(17)9-14(13)2)20-10-16(21)12-22-11-15-5-6-15/h8-9,15-16,18,20-21H,3-7,10-12H2,1-2H3. The van der Waals surface area contributed by atoms with E-state index in [9.17, 15) is 5.11 Å². The molecule has 0 saturated heterocycles. The van der Waals surface area contributed by atoms with Gasteiger partial charge in [0.1, 0.15) is 5.75 Å². The van der Waals surface area contributed by atoms with E-state index in [1.54, 1.807) is 0 Å². The van der Waals surface area contributed by atoms with E-state index in [1.807, 2.05) is 0 Å². The van der Waals surface area contributed by atoms with Gasteiger partial charge in [-0.05, 0) is 62.6 Å². The van der Waals surface area contributed by atoms with Crippen molar-refractivity contribution in [3.05, 3.63) is 28.8 Å². The number of hydrogen-bond donors (Lipinski definition) is 2. The van der Waals surface area contributed by atoms with Crippen LogP contribution in [0, 0.1) is 19.8 Å². The number of aliphatic hydroxyl groups excluding tert-OH is 1. The lowest BCUT2D eigenvalue weighted by Crippen LogP contribution is -2.33. The van der Waals surface area contributed by atoms with E-state index in [0.29, 0.717) is 13.2 Å². The van der Waals surface area contributed by atoms with E-state index in [1.165, 1.54) is 29.5 Å². The summed E-state index contributed by atoms with van der Waals surface area (Å²) in [5.74, 6) is 1.73. The summed E-state index contributed by atoms with van der Waals surface area (Å²) in [6, 6.07) is 4.61. The Hall–Kier alpha value is -1.10. The first-order valence-corrected chi connectivity index (χ1v) is 8.86. The van der Waals surface area contributed by atoms with Crippen LogP contribution in [-0.2, 0) is 4.74 Å². The third-order valence-electron chi connectivity index (χ3n) is 4.86. The first-order chi connectivity index (χ1) is 11.1. The Morgan fingerprint density at radius 2 is 2.04 bits per heavy atom. The van der Waals surface area contributed by atoms with Crippen LogP contribution in [-0.4, -0.2) is 37.6 Å². The largest absolute Gasteiger partial charge is 0.493 e.